The molecule has 0 heterocycles. The maximum atomic E-state index is 11.2. The molecule has 0 saturated carbocycles. The zero-order valence-corrected chi connectivity index (χ0v) is 13.2. The number of sulfone groups is 1. The molecular weight excluding hydrogens is 314 g/mol. The van der Waals surface area contributed by atoms with Gasteiger partial charge in [0.15, 0.2) is 0 Å². The van der Waals surface area contributed by atoms with E-state index >= 15 is 0 Å². The normalized spacial score (nSPS) is 12.7. The number of hydrogen-bond acceptors (Lipinski definition) is 6. The molecule has 0 aliphatic heterocycles. The molecule has 122 valence electrons. The Labute approximate surface area is 127 Å². The summed E-state index contributed by atoms with van der Waals surface area (Å²) in [5.74, 6) is -0.554. The van der Waals surface area contributed by atoms with Crippen molar-refractivity contribution in [3.05, 3.63) is 33.4 Å². The van der Waals surface area contributed by atoms with E-state index in [1.807, 2.05) is 0 Å². The van der Waals surface area contributed by atoms with Gasteiger partial charge in [-0.05, 0) is 25.3 Å². The third-order valence-electron chi connectivity index (χ3n) is 3.25. The summed E-state index contributed by atoms with van der Waals surface area (Å²) in [5, 5.41) is 19.8. The van der Waals surface area contributed by atoms with Crippen LogP contribution in [0.1, 0.15) is 30.4 Å². The van der Waals surface area contributed by atoms with Crippen LogP contribution < -0.4 is 4.74 Å². The lowest BCUT2D eigenvalue weighted by molar-refractivity contribution is -0.385. The van der Waals surface area contributed by atoms with Crippen LogP contribution in [0.15, 0.2) is 12.1 Å². The molecule has 1 N–H and O–H groups in total. The van der Waals surface area contributed by atoms with Gasteiger partial charge >= 0.3 is 6.16 Å². The first-order chi connectivity index (χ1) is 10.0. The molecule has 0 radical (unpaired) electrons. The Kier molecular flexibility index (Phi) is 5.48. The Balaban J connectivity index is 3.28. The van der Waals surface area contributed by atoms with E-state index < -0.39 is 26.8 Å². The number of benzene rings is 1. The Morgan fingerprint density at radius 3 is 2.50 bits per heavy atom. The van der Waals surface area contributed by atoms with Crippen LogP contribution in [0.25, 0.3) is 0 Å². The number of rotatable bonds is 6. The van der Waals surface area contributed by atoms with E-state index in [1.54, 1.807) is 6.92 Å². The van der Waals surface area contributed by atoms with Gasteiger partial charge in [0.25, 0.3) is 5.69 Å². The first-order valence-corrected chi connectivity index (χ1v) is 8.45. The molecule has 0 fully saturated rings. The van der Waals surface area contributed by atoms with Crippen molar-refractivity contribution in [1.82, 2.24) is 0 Å². The van der Waals surface area contributed by atoms with E-state index in [4.69, 9.17) is 5.11 Å². The lowest BCUT2D eigenvalue weighted by Gasteiger charge is -2.16. The fourth-order valence-corrected chi connectivity index (χ4v) is 3.00. The second-order valence-corrected chi connectivity index (χ2v) is 7.33. The van der Waals surface area contributed by atoms with Gasteiger partial charge in [0, 0.05) is 23.4 Å². The van der Waals surface area contributed by atoms with Gasteiger partial charge in [0.05, 0.1) is 10.7 Å². The zero-order chi connectivity index (χ0) is 17.1. The van der Waals surface area contributed by atoms with Crippen molar-refractivity contribution in [3.8, 4) is 5.75 Å². The molecular formula is C13H17NO7S. The van der Waals surface area contributed by atoms with E-state index in [-0.39, 0.29) is 29.2 Å². The topological polar surface area (TPSA) is 124 Å². The number of nitro benzene ring substituents is 1. The number of carboxylic acid groups (broad SMARTS) is 1. The van der Waals surface area contributed by atoms with Gasteiger partial charge in [-0.2, -0.15) is 0 Å². The summed E-state index contributed by atoms with van der Waals surface area (Å²) in [6.07, 6.45) is -0.242. The van der Waals surface area contributed by atoms with Crippen molar-refractivity contribution in [2.45, 2.75) is 26.2 Å². The highest BCUT2D eigenvalue weighted by molar-refractivity contribution is 7.90. The predicted molar refractivity (Wildman–Crippen MR) is 79.2 cm³/mol. The van der Waals surface area contributed by atoms with Crippen molar-refractivity contribution < 1.29 is 28.0 Å². The molecule has 8 nitrogen and oxygen atoms in total. The summed E-state index contributed by atoms with van der Waals surface area (Å²) in [5.41, 5.74) is 0.418. The van der Waals surface area contributed by atoms with Crippen LogP contribution in [-0.4, -0.2) is 36.6 Å². The average Bonchev–Trinajstić information content (AvgIpc) is 2.36. The van der Waals surface area contributed by atoms with Crippen LogP contribution in [0.5, 0.6) is 5.75 Å². The maximum absolute atomic E-state index is 11.2. The van der Waals surface area contributed by atoms with Gasteiger partial charge in [-0.15, -0.1) is 0 Å². The number of carbonyl (C=O) groups is 1. The molecule has 9 heteroatoms. The summed E-state index contributed by atoms with van der Waals surface area (Å²) in [6, 6.07) is 2.38. The second kappa shape index (κ2) is 6.73. The van der Waals surface area contributed by atoms with Gasteiger partial charge in [-0.25, -0.2) is 13.2 Å². The van der Waals surface area contributed by atoms with Gasteiger partial charge in [0.2, 0.25) is 0 Å². The molecule has 0 spiro atoms. The van der Waals surface area contributed by atoms with Gasteiger partial charge < -0.3 is 9.84 Å². The Morgan fingerprint density at radius 1 is 1.45 bits per heavy atom. The smallest absolute Gasteiger partial charge is 0.449 e. The van der Waals surface area contributed by atoms with Crippen LogP contribution in [0.2, 0.25) is 0 Å². The van der Waals surface area contributed by atoms with Gasteiger partial charge in [-0.1, -0.05) is 6.92 Å². The Morgan fingerprint density at radius 2 is 2.05 bits per heavy atom. The predicted octanol–water partition coefficient (Wildman–Crippen LogP) is 2.50. The van der Waals surface area contributed by atoms with Crippen LogP contribution in [0.4, 0.5) is 10.5 Å². The fourth-order valence-electron chi connectivity index (χ4n) is 2.22. The minimum atomic E-state index is -3.20. The molecule has 0 bridgehead atoms. The number of nitro groups is 1. The first kappa shape index (κ1) is 17.9. The third-order valence-corrected chi connectivity index (χ3v) is 4.23. The van der Waals surface area contributed by atoms with Crippen molar-refractivity contribution in [2.75, 3.05) is 12.0 Å². The van der Waals surface area contributed by atoms with Crippen molar-refractivity contribution in [2.24, 2.45) is 0 Å². The molecule has 1 rings (SSSR count). The third kappa shape index (κ3) is 4.69. The van der Waals surface area contributed by atoms with Crippen molar-refractivity contribution >= 4 is 21.7 Å². The van der Waals surface area contributed by atoms with E-state index in [2.05, 4.69) is 4.74 Å². The van der Waals surface area contributed by atoms with Crippen molar-refractivity contribution in [3.63, 3.8) is 0 Å². The summed E-state index contributed by atoms with van der Waals surface area (Å²) in [6.45, 7) is 3.17. The second-order valence-electron chi connectivity index (χ2n) is 5.07. The summed E-state index contributed by atoms with van der Waals surface area (Å²) < 4.78 is 27.1. The lowest BCUT2D eigenvalue weighted by Crippen LogP contribution is -2.11. The maximum Gasteiger partial charge on any atom is 0.511 e. The van der Waals surface area contributed by atoms with E-state index in [1.165, 1.54) is 13.0 Å². The first-order valence-electron chi connectivity index (χ1n) is 6.39. The highest BCUT2D eigenvalue weighted by atomic mass is 32.2. The van der Waals surface area contributed by atoms with Crippen LogP contribution in [-0.2, 0) is 9.84 Å². The van der Waals surface area contributed by atoms with E-state index in [0.717, 1.165) is 12.3 Å². The summed E-state index contributed by atoms with van der Waals surface area (Å²) in [4.78, 5) is 21.2. The fraction of sp³-hybridized carbons (Fsp3) is 0.462. The molecule has 0 amide bonds. The quantitative estimate of drug-likeness (QED) is 0.367. The molecule has 1 unspecified atom stereocenters. The molecule has 0 saturated heterocycles. The molecule has 1 aromatic rings. The van der Waals surface area contributed by atoms with E-state index in [0.29, 0.717) is 5.56 Å². The minimum absolute atomic E-state index is 0.000643. The van der Waals surface area contributed by atoms with E-state index in [9.17, 15) is 23.3 Å². The largest absolute Gasteiger partial charge is 0.511 e. The van der Waals surface area contributed by atoms with Gasteiger partial charge in [0.1, 0.15) is 15.6 Å². The Hall–Kier alpha value is -2.16. The standard InChI is InChI=1S/C13H17NO7S/c1-8(6-7-22(3,19)20)12-9(2)11(21-13(15)16)5-4-10(12)14(17)18/h4-5,8H,6-7H2,1-3H3,(H,15,16). The van der Waals surface area contributed by atoms with Crippen LogP contribution in [0.3, 0.4) is 0 Å². The molecule has 22 heavy (non-hydrogen) atoms. The highest BCUT2D eigenvalue weighted by Gasteiger charge is 2.25. The van der Waals surface area contributed by atoms with Crippen LogP contribution in [0, 0.1) is 17.0 Å². The molecule has 1 atom stereocenters. The van der Waals surface area contributed by atoms with Crippen LogP contribution >= 0.6 is 0 Å². The minimum Gasteiger partial charge on any atom is -0.449 e. The monoisotopic (exact) mass is 331 g/mol. The molecule has 1 aromatic carbocycles. The Bertz CT molecular complexity index is 697. The molecule has 0 aromatic heterocycles. The SMILES string of the molecule is Cc1c(OC(=O)O)ccc([N+](=O)[O-])c1C(C)CCS(C)(=O)=O. The summed E-state index contributed by atoms with van der Waals surface area (Å²) >= 11 is 0. The zero-order valence-electron chi connectivity index (χ0n) is 12.4. The molecule has 0 aliphatic rings. The average molecular weight is 331 g/mol. The van der Waals surface area contributed by atoms with Gasteiger partial charge in [-0.3, -0.25) is 10.1 Å². The number of nitrogens with zero attached hydrogens (tertiary/aromatic N) is 1. The lowest BCUT2D eigenvalue weighted by atomic mass is 9.92. The molecule has 0 aliphatic carbocycles. The number of hydrogen-bond donors (Lipinski definition) is 1. The summed E-state index contributed by atoms with van der Waals surface area (Å²) in [7, 11) is -3.20. The highest BCUT2D eigenvalue weighted by Crippen LogP contribution is 2.36. The number of ether oxygens (including phenoxy) is 1. The van der Waals surface area contributed by atoms with Crippen molar-refractivity contribution in [1.29, 1.82) is 0 Å².